The molecule has 164 valence electrons. The number of carboxylic acids is 1. The van der Waals surface area contributed by atoms with Crippen molar-refractivity contribution in [1.82, 2.24) is 5.32 Å². The van der Waals surface area contributed by atoms with E-state index in [0.29, 0.717) is 36.2 Å². The Bertz CT molecular complexity index is 983. The number of Topliss-reactive ketones (excluding diaryl/α,β-unsaturated/α-hetero) is 2. The molecule has 0 saturated carbocycles. The van der Waals surface area contributed by atoms with E-state index < -0.39 is 18.5 Å². The zero-order valence-corrected chi connectivity index (χ0v) is 18.0. The monoisotopic (exact) mass is 444 g/mol. The summed E-state index contributed by atoms with van der Waals surface area (Å²) in [5.41, 5.74) is 3.63. The van der Waals surface area contributed by atoms with Gasteiger partial charge in [-0.05, 0) is 50.3 Å². The van der Waals surface area contributed by atoms with Gasteiger partial charge < -0.3 is 24.7 Å². The number of ketones is 2. The second-order valence-electron chi connectivity index (χ2n) is 7.82. The maximum Gasteiger partial charge on any atom is 0.180 e. The van der Waals surface area contributed by atoms with Crippen LogP contribution in [0, 0.1) is 0 Å². The van der Waals surface area contributed by atoms with E-state index in [4.69, 9.17) is 21.1 Å². The van der Waals surface area contributed by atoms with E-state index in [-0.39, 0.29) is 28.1 Å². The number of hydrogen-bond donors (Lipinski definition) is 1. The lowest BCUT2D eigenvalue weighted by Crippen LogP contribution is -2.36. The summed E-state index contributed by atoms with van der Waals surface area (Å²) in [5, 5.41) is 14.4. The Balaban J connectivity index is 1.86. The third-order valence-corrected chi connectivity index (χ3v) is 6.07. The molecule has 8 heteroatoms. The molecule has 1 aromatic carbocycles. The smallest absolute Gasteiger partial charge is 0.180 e. The minimum absolute atomic E-state index is 0.0232. The van der Waals surface area contributed by atoms with Crippen LogP contribution in [0.2, 0.25) is 5.02 Å². The maximum absolute atomic E-state index is 12.9. The lowest BCUT2D eigenvalue weighted by Gasteiger charge is -2.37. The summed E-state index contributed by atoms with van der Waals surface area (Å²) in [6.45, 7) is 1.41. The molecule has 0 saturated heterocycles. The summed E-state index contributed by atoms with van der Waals surface area (Å²) < 4.78 is 11.0. The summed E-state index contributed by atoms with van der Waals surface area (Å²) >= 11 is 6.46. The molecule has 1 heterocycles. The van der Waals surface area contributed by atoms with E-state index in [1.165, 1.54) is 0 Å². The number of ether oxygens (including phenoxy) is 2. The van der Waals surface area contributed by atoms with Crippen LogP contribution in [0.3, 0.4) is 0 Å². The van der Waals surface area contributed by atoms with Gasteiger partial charge >= 0.3 is 0 Å². The van der Waals surface area contributed by atoms with Gasteiger partial charge in [-0.15, -0.1) is 0 Å². The number of aliphatic carboxylic acids is 1. The molecule has 0 spiro atoms. The molecule has 2 aliphatic carbocycles. The normalized spacial score (nSPS) is 19.0. The fraction of sp³-hybridized carbons (Fsp3) is 0.435. The Morgan fingerprint density at radius 3 is 2.23 bits per heavy atom. The van der Waals surface area contributed by atoms with Gasteiger partial charge in [0.25, 0.3) is 0 Å². The molecule has 7 nitrogen and oxygen atoms in total. The van der Waals surface area contributed by atoms with Crippen LogP contribution in [0.4, 0.5) is 0 Å². The Kier molecular flexibility index (Phi) is 6.05. The molecule has 0 atom stereocenters. The van der Waals surface area contributed by atoms with Gasteiger partial charge in [0.1, 0.15) is 6.61 Å². The largest absolute Gasteiger partial charge is 0.546 e. The van der Waals surface area contributed by atoms with Crippen molar-refractivity contribution in [3.63, 3.8) is 0 Å². The van der Waals surface area contributed by atoms with E-state index in [9.17, 15) is 19.5 Å². The van der Waals surface area contributed by atoms with Crippen LogP contribution in [0.15, 0.2) is 34.7 Å². The number of benzene rings is 1. The molecule has 0 bridgehead atoms. The Morgan fingerprint density at radius 2 is 1.68 bits per heavy atom. The quantitative estimate of drug-likeness (QED) is 0.718. The lowest BCUT2D eigenvalue weighted by molar-refractivity contribution is -0.307. The molecule has 31 heavy (non-hydrogen) atoms. The first kappa shape index (κ1) is 21.4. The molecule has 0 aromatic heterocycles. The molecule has 0 fully saturated rings. The zero-order chi connectivity index (χ0) is 22.1. The summed E-state index contributed by atoms with van der Waals surface area (Å²) in [7, 11) is 0. The molecule has 1 aromatic rings. The standard InChI is InChI=1S/C23H24ClNO6/c1-2-30-18-10-12(9-13(24)23(18)31-11-19(28)29)20-21-14(5-3-7-16(21)26)25-15-6-4-8-17(27)22(15)20/h9-10,20,25H,2-8,11H2,1H3,(H,28,29)/p-1. The molecule has 1 aliphatic heterocycles. The van der Waals surface area contributed by atoms with Crippen molar-refractivity contribution in [2.24, 2.45) is 0 Å². The molecular formula is C23H23ClNO6-. The zero-order valence-electron chi connectivity index (χ0n) is 17.2. The molecule has 3 aliphatic rings. The van der Waals surface area contributed by atoms with Gasteiger partial charge in [0.15, 0.2) is 23.1 Å². The molecular weight excluding hydrogens is 422 g/mol. The van der Waals surface area contributed by atoms with Crippen LogP contribution < -0.4 is 19.9 Å². The Labute approximate surface area is 185 Å². The number of allylic oxidation sites excluding steroid dienone is 4. The van der Waals surface area contributed by atoms with E-state index in [2.05, 4.69) is 5.32 Å². The second kappa shape index (κ2) is 8.75. The number of carbonyl (C=O) groups is 3. The predicted octanol–water partition coefficient (Wildman–Crippen LogP) is 2.57. The summed E-state index contributed by atoms with van der Waals surface area (Å²) in [5.74, 6) is -1.51. The summed E-state index contributed by atoms with van der Waals surface area (Å²) in [6, 6.07) is 3.32. The highest BCUT2D eigenvalue weighted by Gasteiger charge is 2.40. The van der Waals surface area contributed by atoms with Crippen LogP contribution in [0.5, 0.6) is 11.5 Å². The summed E-state index contributed by atoms with van der Waals surface area (Å²) in [6.07, 6.45) is 3.92. The van der Waals surface area contributed by atoms with Gasteiger partial charge in [0, 0.05) is 41.3 Å². The van der Waals surface area contributed by atoms with Gasteiger partial charge in [0.05, 0.1) is 17.6 Å². The van der Waals surface area contributed by atoms with Crippen molar-refractivity contribution in [3.05, 3.63) is 45.3 Å². The molecule has 0 radical (unpaired) electrons. The Hall–Kier alpha value is -2.80. The van der Waals surface area contributed by atoms with E-state index in [1.54, 1.807) is 19.1 Å². The average molecular weight is 445 g/mol. The van der Waals surface area contributed by atoms with Crippen molar-refractivity contribution >= 4 is 29.1 Å². The number of halogens is 1. The fourth-order valence-corrected chi connectivity index (χ4v) is 4.88. The Morgan fingerprint density at radius 1 is 1.06 bits per heavy atom. The van der Waals surface area contributed by atoms with Crippen LogP contribution in [-0.2, 0) is 14.4 Å². The van der Waals surface area contributed by atoms with E-state index in [0.717, 1.165) is 37.1 Å². The average Bonchev–Trinajstić information content (AvgIpc) is 2.72. The number of dihydropyridines is 1. The van der Waals surface area contributed by atoms with Crippen LogP contribution in [0.1, 0.15) is 56.9 Å². The number of rotatable bonds is 6. The first-order valence-electron chi connectivity index (χ1n) is 10.5. The lowest BCUT2D eigenvalue weighted by atomic mass is 9.71. The van der Waals surface area contributed by atoms with Crippen molar-refractivity contribution in [3.8, 4) is 11.5 Å². The van der Waals surface area contributed by atoms with Gasteiger partial charge in [-0.1, -0.05) is 11.6 Å². The third kappa shape index (κ3) is 4.06. The van der Waals surface area contributed by atoms with Gasteiger partial charge in [-0.2, -0.15) is 0 Å². The van der Waals surface area contributed by atoms with Crippen molar-refractivity contribution in [1.29, 1.82) is 0 Å². The van der Waals surface area contributed by atoms with Crippen molar-refractivity contribution in [2.75, 3.05) is 13.2 Å². The minimum atomic E-state index is -1.38. The highest BCUT2D eigenvalue weighted by atomic mass is 35.5. The third-order valence-electron chi connectivity index (χ3n) is 5.79. The maximum atomic E-state index is 12.9. The van der Waals surface area contributed by atoms with Gasteiger partial charge in [-0.3, -0.25) is 9.59 Å². The second-order valence-corrected chi connectivity index (χ2v) is 8.23. The highest BCUT2D eigenvalue weighted by Crippen LogP contribution is 2.48. The van der Waals surface area contributed by atoms with Gasteiger partial charge in [-0.25, -0.2) is 0 Å². The first-order chi connectivity index (χ1) is 14.9. The number of carboxylic acid groups (broad SMARTS) is 1. The minimum Gasteiger partial charge on any atom is -0.546 e. The SMILES string of the molecule is CCOc1cc(C2C3=C(CCCC3=O)NC3=C2C(=O)CCC3)cc(Cl)c1OCC(=O)[O-]. The van der Waals surface area contributed by atoms with Gasteiger partial charge in [0.2, 0.25) is 0 Å². The molecule has 0 unspecified atom stereocenters. The van der Waals surface area contributed by atoms with Crippen LogP contribution in [-0.4, -0.2) is 30.7 Å². The van der Waals surface area contributed by atoms with Crippen molar-refractivity contribution in [2.45, 2.75) is 51.4 Å². The van der Waals surface area contributed by atoms with Crippen LogP contribution in [0.25, 0.3) is 0 Å². The highest BCUT2D eigenvalue weighted by molar-refractivity contribution is 6.32. The van der Waals surface area contributed by atoms with E-state index >= 15 is 0 Å². The summed E-state index contributed by atoms with van der Waals surface area (Å²) in [4.78, 5) is 36.7. The number of nitrogens with one attached hydrogen (secondary N) is 1. The number of carbonyl (C=O) groups excluding carboxylic acids is 3. The first-order valence-corrected chi connectivity index (χ1v) is 10.9. The molecule has 0 amide bonds. The fourth-order valence-electron chi connectivity index (χ4n) is 4.61. The predicted molar refractivity (Wildman–Crippen MR) is 111 cm³/mol. The topological polar surface area (TPSA) is 105 Å². The van der Waals surface area contributed by atoms with Crippen LogP contribution >= 0.6 is 11.6 Å². The molecule has 4 rings (SSSR count). The van der Waals surface area contributed by atoms with Crippen molar-refractivity contribution < 1.29 is 29.0 Å². The number of hydrogen-bond acceptors (Lipinski definition) is 7. The van der Waals surface area contributed by atoms with E-state index in [1.807, 2.05) is 0 Å². The molecule has 1 N–H and O–H groups in total.